The summed E-state index contributed by atoms with van der Waals surface area (Å²) < 4.78 is 0. The molecule has 0 aliphatic heterocycles. The van der Waals surface area contributed by atoms with Crippen molar-refractivity contribution in [1.82, 2.24) is 0 Å². The molecule has 0 saturated carbocycles. The molecule has 2 rings (SSSR count). The van der Waals surface area contributed by atoms with Crippen molar-refractivity contribution in [3.63, 3.8) is 0 Å². The highest BCUT2D eigenvalue weighted by Gasteiger charge is 2.10. The zero-order valence-electron chi connectivity index (χ0n) is 9.63. The van der Waals surface area contributed by atoms with Crippen LogP contribution in [-0.2, 0) is 0 Å². The summed E-state index contributed by atoms with van der Waals surface area (Å²) >= 11 is 5.88. The van der Waals surface area contributed by atoms with Crippen LogP contribution in [0.4, 0.5) is 0 Å². The first kappa shape index (κ1) is 13.1. The van der Waals surface area contributed by atoms with Crippen molar-refractivity contribution < 1.29 is 19.8 Å². The van der Waals surface area contributed by atoms with Gasteiger partial charge in [0.15, 0.2) is 0 Å². The number of aromatic carboxylic acids is 2. The minimum atomic E-state index is -1.09. The third-order valence-electron chi connectivity index (χ3n) is 2.66. The van der Waals surface area contributed by atoms with E-state index in [1.54, 1.807) is 24.3 Å². The first-order valence-corrected chi connectivity index (χ1v) is 5.73. The summed E-state index contributed by atoms with van der Waals surface area (Å²) in [6.07, 6.45) is 0. The van der Waals surface area contributed by atoms with Gasteiger partial charge >= 0.3 is 11.9 Å². The second-order valence-electron chi connectivity index (χ2n) is 3.88. The third-order valence-corrected chi connectivity index (χ3v) is 2.98. The molecule has 0 bridgehead atoms. The lowest BCUT2D eigenvalue weighted by Crippen LogP contribution is -1.97. The summed E-state index contributed by atoms with van der Waals surface area (Å²) in [6.45, 7) is 0. The van der Waals surface area contributed by atoms with Crippen LogP contribution in [0.5, 0.6) is 0 Å². The van der Waals surface area contributed by atoms with Gasteiger partial charge in [-0.1, -0.05) is 29.8 Å². The van der Waals surface area contributed by atoms with E-state index in [-0.39, 0.29) is 16.1 Å². The van der Waals surface area contributed by atoms with Crippen LogP contribution < -0.4 is 0 Å². The molecule has 0 heterocycles. The molecule has 0 saturated heterocycles. The minimum Gasteiger partial charge on any atom is -0.478 e. The van der Waals surface area contributed by atoms with Crippen molar-refractivity contribution in [2.75, 3.05) is 0 Å². The quantitative estimate of drug-likeness (QED) is 0.901. The number of carboxylic acid groups (broad SMARTS) is 2. The molecule has 0 fully saturated rings. The first-order valence-electron chi connectivity index (χ1n) is 5.35. The maximum absolute atomic E-state index is 10.8. The maximum Gasteiger partial charge on any atom is 0.337 e. The Balaban J connectivity index is 2.39. The molecular formula is C14H9ClO4. The molecule has 2 N–H and O–H groups in total. The Bertz CT molecular complexity index is 647. The van der Waals surface area contributed by atoms with Gasteiger partial charge in [0, 0.05) is 0 Å². The molecule has 0 amide bonds. The highest BCUT2D eigenvalue weighted by molar-refractivity contribution is 6.33. The molecule has 96 valence electrons. The third kappa shape index (κ3) is 2.74. The van der Waals surface area contributed by atoms with Crippen molar-refractivity contribution in [2.24, 2.45) is 0 Å². The van der Waals surface area contributed by atoms with Crippen LogP contribution in [0.1, 0.15) is 20.7 Å². The van der Waals surface area contributed by atoms with Crippen LogP contribution in [0, 0.1) is 0 Å². The molecular weight excluding hydrogens is 268 g/mol. The van der Waals surface area contributed by atoms with E-state index in [4.69, 9.17) is 21.8 Å². The molecule has 0 unspecified atom stereocenters. The Morgan fingerprint density at radius 3 is 1.89 bits per heavy atom. The average Bonchev–Trinajstić information content (AvgIpc) is 2.38. The van der Waals surface area contributed by atoms with Crippen molar-refractivity contribution in [3.05, 3.63) is 58.6 Å². The molecule has 2 aromatic rings. The monoisotopic (exact) mass is 276 g/mol. The van der Waals surface area contributed by atoms with Gasteiger partial charge in [0.2, 0.25) is 0 Å². The molecule has 2 aromatic carbocycles. The summed E-state index contributed by atoms with van der Waals surface area (Å²) in [5.41, 5.74) is 1.72. The fourth-order valence-corrected chi connectivity index (χ4v) is 1.93. The lowest BCUT2D eigenvalue weighted by Gasteiger charge is -2.05. The van der Waals surface area contributed by atoms with Crippen molar-refractivity contribution in [2.45, 2.75) is 0 Å². The van der Waals surface area contributed by atoms with Gasteiger partial charge < -0.3 is 10.2 Å². The van der Waals surface area contributed by atoms with Crippen molar-refractivity contribution in [1.29, 1.82) is 0 Å². The largest absolute Gasteiger partial charge is 0.478 e. The highest BCUT2D eigenvalue weighted by atomic mass is 35.5. The van der Waals surface area contributed by atoms with E-state index in [2.05, 4.69) is 0 Å². The normalized spacial score (nSPS) is 10.2. The molecule has 0 aromatic heterocycles. The van der Waals surface area contributed by atoms with Gasteiger partial charge in [-0.3, -0.25) is 0 Å². The van der Waals surface area contributed by atoms with Gasteiger partial charge in [-0.05, 0) is 35.4 Å². The zero-order valence-corrected chi connectivity index (χ0v) is 10.4. The number of halogens is 1. The van der Waals surface area contributed by atoms with E-state index >= 15 is 0 Å². The smallest absolute Gasteiger partial charge is 0.337 e. The van der Waals surface area contributed by atoms with Gasteiger partial charge in [-0.2, -0.15) is 0 Å². The lowest BCUT2D eigenvalue weighted by atomic mass is 10.0. The number of carboxylic acids is 2. The summed E-state index contributed by atoms with van der Waals surface area (Å²) in [7, 11) is 0. The molecule has 0 radical (unpaired) electrons. The molecule has 4 nitrogen and oxygen atoms in total. The summed E-state index contributed by atoms with van der Waals surface area (Å²) in [5, 5.41) is 17.8. The Labute approximate surface area is 113 Å². The van der Waals surface area contributed by atoms with Crippen LogP contribution in [-0.4, -0.2) is 22.2 Å². The van der Waals surface area contributed by atoms with Crippen LogP contribution in [0.15, 0.2) is 42.5 Å². The van der Waals surface area contributed by atoms with E-state index in [1.807, 2.05) is 0 Å². The Morgan fingerprint density at radius 2 is 1.42 bits per heavy atom. The number of hydrogen-bond donors (Lipinski definition) is 2. The fourth-order valence-electron chi connectivity index (χ4n) is 1.67. The molecule has 0 atom stereocenters. The molecule has 19 heavy (non-hydrogen) atoms. The van der Waals surface area contributed by atoms with E-state index < -0.39 is 11.9 Å². The van der Waals surface area contributed by atoms with E-state index in [1.165, 1.54) is 18.2 Å². The predicted molar refractivity (Wildman–Crippen MR) is 70.8 cm³/mol. The van der Waals surface area contributed by atoms with E-state index in [0.717, 1.165) is 11.1 Å². The number of carbonyl (C=O) groups is 2. The van der Waals surface area contributed by atoms with Gasteiger partial charge in [0.25, 0.3) is 0 Å². The number of benzene rings is 2. The topological polar surface area (TPSA) is 74.6 Å². The summed E-state index contributed by atoms with van der Waals surface area (Å²) in [4.78, 5) is 21.6. The molecule has 0 spiro atoms. The minimum absolute atomic E-state index is 0.0348. The highest BCUT2D eigenvalue weighted by Crippen LogP contribution is 2.26. The second kappa shape index (κ2) is 5.12. The summed E-state index contributed by atoms with van der Waals surface area (Å²) in [6, 6.07) is 10.9. The second-order valence-corrected chi connectivity index (χ2v) is 4.29. The average molecular weight is 277 g/mol. The van der Waals surface area contributed by atoms with Crippen molar-refractivity contribution in [3.8, 4) is 11.1 Å². The molecule has 0 aliphatic rings. The number of rotatable bonds is 3. The maximum atomic E-state index is 10.8. The standard InChI is InChI=1S/C14H9ClO4/c15-12-7-10(5-6-11(12)14(18)19)8-1-3-9(4-2-8)13(16)17/h1-7H,(H,16,17)(H,18,19). The van der Waals surface area contributed by atoms with Gasteiger partial charge in [-0.15, -0.1) is 0 Å². The van der Waals surface area contributed by atoms with Gasteiger partial charge in [0.05, 0.1) is 16.1 Å². The number of hydrogen-bond acceptors (Lipinski definition) is 2. The van der Waals surface area contributed by atoms with Crippen LogP contribution in [0.2, 0.25) is 5.02 Å². The molecule has 5 heteroatoms. The Hall–Kier alpha value is -2.33. The van der Waals surface area contributed by atoms with E-state index in [0.29, 0.717) is 0 Å². The van der Waals surface area contributed by atoms with Crippen LogP contribution in [0.25, 0.3) is 11.1 Å². The van der Waals surface area contributed by atoms with Gasteiger partial charge in [0.1, 0.15) is 0 Å². The SMILES string of the molecule is O=C(O)c1ccc(-c2ccc(C(=O)O)c(Cl)c2)cc1. The van der Waals surface area contributed by atoms with Crippen LogP contribution >= 0.6 is 11.6 Å². The fraction of sp³-hybridized carbons (Fsp3) is 0. The van der Waals surface area contributed by atoms with Gasteiger partial charge in [-0.25, -0.2) is 9.59 Å². The van der Waals surface area contributed by atoms with Crippen molar-refractivity contribution >= 4 is 23.5 Å². The Morgan fingerprint density at radius 1 is 0.842 bits per heavy atom. The van der Waals surface area contributed by atoms with Crippen LogP contribution in [0.3, 0.4) is 0 Å². The summed E-state index contributed by atoms with van der Waals surface area (Å²) in [5.74, 6) is -2.08. The lowest BCUT2D eigenvalue weighted by molar-refractivity contribution is 0.0686. The first-order chi connectivity index (χ1) is 8.99. The molecule has 0 aliphatic carbocycles. The zero-order chi connectivity index (χ0) is 14.0. The van der Waals surface area contributed by atoms with E-state index in [9.17, 15) is 9.59 Å². The predicted octanol–water partition coefficient (Wildman–Crippen LogP) is 3.40. The Kier molecular flexibility index (Phi) is 3.53.